The van der Waals surface area contributed by atoms with Crippen molar-refractivity contribution in [2.45, 2.75) is 6.92 Å². The van der Waals surface area contributed by atoms with Crippen molar-refractivity contribution < 1.29 is 19.8 Å². The van der Waals surface area contributed by atoms with Crippen molar-refractivity contribution in [3.05, 3.63) is 65.4 Å². The number of aromatic hydroxyl groups is 1. The number of benzene rings is 2. The molecule has 7 heteroatoms. The van der Waals surface area contributed by atoms with E-state index in [2.05, 4.69) is 10.6 Å². The van der Waals surface area contributed by atoms with Crippen LogP contribution < -0.4 is 10.6 Å². The van der Waals surface area contributed by atoms with Gasteiger partial charge >= 0.3 is 5.97 Å². The van der Waals surface area contributed by atoms with E-state index in [1.165, 1.54) is 36.5 Å². The number of carboxylic acid groups (broad SMARTS) is 1. The van der Waals surface area contributed by atoms with Crippen LogP contribution in [0.2, 0.25) is 0 Å². The van der Waals surface area contributed by atoms with Gasteiger partial charge in [-0.05, 0) is 55.0 Å². The molecule has 1 amide bonds. The fraction of sp³-hybridized carbons (Fsp3) is 0.0556. The average molecular weight is 337 g/mol. The number of phenols is 1. The Morgan fingerprint density at radius 3 is 2.40 bits per heavy atom. The number of nitriles is 1. The Morgan fingerprint density at radius 2 is 1.84 bits per heavy atom. The molecule has 0 aromatic heterocycles. The zero-order valence-corrected chi connectivity index (χ0v) is 13.3. The van der Waals surface area contributed by atoms with Crippen LogP contribution in [0.25, 0.3) is 0 Å². The van der Waals surface area contributed by atoms with Crippen molar-refractivity contribution in [2.24, 2.45) is 0 Å². The number of carbonyl (C=O) groups excluding carboxylic acids is 1. The normalized spacial score (nSPS) is 10.6. The van der Waals surface area contributed by atoms with E-state index in [9.17, 15) is 14.7 Å². The van der Waals surface area contributed by atoms with E-state index in [-0.39, 0.29) is 16.9 Å². The molecule has 0 radical (unpaired) electrons. The van der Waals surface area contributed by atoms with Crippen LogP contribution in [0.4, 0.5) is 11.4 Å². The van der Waals surface area contributed by atoms with Gasteiger partial charge in [0.25, 0.3) is 5.91 Å². The molecule has 0 aliphatic rings. The van der Waals surface area contributed by atoms with E-state index >= 15 is 0 Å². The SMILES string of the molecule is Cc1cc(O)ccc1N/C=C(/C#N)C(=O)Nc1ccc(C(=O)O)cc1. The number of carboxylic acids is 1. The molecule has 2 rings (SSSR count). The van der Waals surface area contributed by atoms with Crippen molar-refractivity contribution >= 4 is 23.3 Å². The molecule has 0 unspecified atom stereocenters. The summed E-state index contributed by atoms with van der Waals surface area (Å²) in [4.78, 5) is 22.9. The average Bonchev–Trinajstić information content (AvgIpc) is 2.57. The topological polar surface area (TPSA) is 122 Å². The van der Waals surface area contributed by atoms with E-state index in [1.54, 1.807) is 25.1 Å². The molecular formula is C18H15N3O4. The smallest absolute Gasteiger partial charge is 0.335 e. The third kappa shape index (κ3) is 4.59. The fourth-order valence-corrected chi connectivity index (χ4v) is 2.00. The van der Waals surface area contributed by atoms with Crippen LogP contribution in [0.1, 0.15) is 15.9 Å². The number of carbonyl (C=O) groups is 2. The van der Waals surface area contributed by atoms with Gasteiger partial charge in [0.2, 0.25) is 0 Å². The van der Waals surface area contributed by atoms with E-state index in [0.29, 0.717) is 11.4 Å². The number of aromatic carboxylic acids is 1. The van der Waals surface area contributed by atoms with Crippen molar-refractivity contribution in [1.29, 1.82) is 5.26 Å². The Kier molecular flexibility index (Phi) is 5.38. The van der Waals surface area contributed by atoms with Gasteiger partial charge in [-0.25, -0.2) is 4.79 Å². The molecule has 126 valence electrons. The number of aryl methyl sites for hydroxylation is 1. The summed E-state index contributed by atoms with van der Waals surface area (Å²) in [7, 11) is 0. The number of nitrogens with zero attached hydrogens (tertiary/aromatic N) is 1. The number of phenolic OH excluding ortho intramolecular Hbond substituents is 1. The summed E-state index contributed by atoms with van der Waals surface area (Å²) < 4.78 is 0. The van der Waals surface area contributed by atoms with Crippen molar-refractivity contribution in [3.63, 3.8) is 0 Å². The van der Waals surface area contributed by atoms with Gasteiger partial charge in [-0.2, -0.15) is 5.26 Å². The van der Waals surface area contributed by atoms with Gasteiger partial charge in [0.1, 0.15) is 17.4 Å². The highest BCUT2D eigenvalue weighted by molar-refractivity contribution is 6.06. The van der Waals surface area contributed by atoms with E-state index < -0.39 is 11.9 Å². The monoisotopic (exact) mass is 337 g/mol. The van der Waals surface area contributed by atoms with Crippen LogP contribution in [0.15, 0.2) is 54.2 Å². The third-order valence-corrected chi connectivity index (χ3v) is 3.34. The summed E-state index contributed by atoms with van der Waals surface area (Å²) in [5.41, 5.74) is 1.70. The highest BCUT2D eigenvalue weighted by Crippen LogP contribution is 2.20. The number of rotatable bonds is 5. The molecule has 0 fully saturated rings. The highest BCUT2D eigenvalue weighted by Gasteiger charge is 2.10. The van der Waals surface area contributed by atoms with Gasteiger partial charge < -0.3 is 20.8 Å². The third-order valence-electron chi connectivity index (χ3n) is 3.34. The van der Waals surface area contributed by atoms with Crippen LogP contribution in [-0.2, 0) is 4.79 Å². The Bertz CT molecular complexity index is 880. The zero-order chi connectivity index (χ0) is 18.4. The van der Waals surface area contributed by atoms with Crippen LogP contribution in [-0.4, -0.2) is 22.1 Å². The van der Waals surface area contributed by atoms with Crippen molar-refractivity contribution in [3.8, 4) is 11.8 Å². The molecule has 0 aliphatic carbocycles. The molecule has 0 saturated heterocycles. The molecule has 25 heavy (non-hydrogen) atoms. The van der Waals surface area contributed by atoms with Crippen molar-refractivity contribution in [2.75, 3.05) is 10.6 Å². The summed E-state index contributed by atoms with van der Waals surface area (Å²) in [5.74, 6) is -1.58. The Hall–Kier alpha value is -3.79. The minimum atomic E-state index is -1.07. The molecule has 0 heterocycles. The Labute approximate surface area is 143 Å². The van der Waals surface area contributed by atoms with Crippen LogP contribution in [0.5, 0.6) is 5.75 Å². The maximum atomic E-state index is 12.1. The molecule has 2 aromatic carbocycles. The number of nitrogens with one attached hydrogen (secondary N) is 2. The van der Waals surface area contributed by atoms with Gasteiger partial charge in [-0.3, -0.25) is 4.79 Å². The largest absolute Gasteiger partial charge is 0.508 e. The number of anilines is 2. The maximum absolute atomic E-state index is 12.1. The van der Waals surface area contributed by atoms with E-state index in [1.807, 2.05) is 0 Å². The molecule has 4 N–H and O–H groups in total. The predicted molar refractivity (Wildman–Crippen MR) is 92.2 cm³/mol. The Balaban J connectivity index is 2.09. The van der Waals surface area contributed by atoms with Gasteiger partial charge in [0, 0.05) is 17.6 Å². The van der Waals surface area contributed by atoms with Crippen LogP contribution in [0, 0.1) is 18.3 Å². The molecule has 0 bridgehead atoms. The van der Waals surface area contributed by atoms with Gasteiger partial charge in [-0.1, -0.05) is 0 Å². The highest BCUT2D eigenvalue weighted by atomic mass is 16.4. The molecule has 0 saturated carbocycles. The molecular weight excluding hydrogens is 322 g/mol. The summed E-state index contributed by atoms with van der Waals surface area (Å²) >= 11 is 0. The molecule has 0 spiro atoms. The molecule has 0 aliphatic heterocycles. The van der Waals surface area contributed by atoms with E-state index in [4.69, 9.17) is 10.4 Å². The van der Waals surface area contributed by atoms with Crippen LogP contribution in [0.3, 0.4) is 0 Å². The van der Waals surface area contributed by atoms with E-state index in [0.717, 1.165) is 5.56 Å². The summed E-state index contributed by atoms with van der Waals surface area (Å²) in [6, 6.07) is 12.0. The molecule has 2 aromatic rings. The second-order valence-corrected chi connectivity index (χ2v) is 5.15. The van der Waals surface area contributed by atoms with Gasteiger partial charge in [0.15, 0.2) is 0 Å². The number of amides is 1. The molecule has 0 atom stereocenters. The lowest BCUT2D eigenvalue weighted by Crippen LogP contribution is -2.14. The lowest BCUT2D eigenvalue weighted by atomic mass is 10.2. The lowest BCUT2D eigenvalue weighted by molar-refractivity contribution is -0.112. The fourth-order valence-electron chi connectivity index (χ4n) is 2.00. The zero-order valence-electron chi connectivity index (χ0n) is 13.3. The minimum Gasteiger partial charge on any atom is -0.508 e. The predicted octanol–water partition coefficient (Wildman–Crippen LogP) is 2.86. The first-order valence-electron chi connectivity index (χ1n) is 7.22. The summed E-state index contributed by atoms with van der Waals surface area (Å²) in [6.45, 7) is 1.77. The first-order valence-corrected chi connectivity index (χ1v) is 7.22. The number of hydrogen-bond donors (Lipinski definition) is 4. The first kappa shape index (κ1) is 17.6. The van der Waals surface area contributed by atoms with Gasteiger partial charge in [0.05, 0.1) is 5.56 Å². The minimum absolute atomic E-state index is 0.0959. The first-order chi connectivity index (χ1) is 11.9. The lowest BCUT2D eigenvalue weighted by Gasteiger charge is -2.07. The maximum Gasteiger partial charge on any atom is 0.335 e. The second-order valence-electron chi connectivity index (χ2n) is 5.15. The standard InChI is InChI=1S/C18H15N3O4/c1-11-8-15(22)6-7-16(11)20-10-13(9-19)17(23)21-14-4-2-12(3-5-14)18(24)25/h2-8,10,20,22H,1H3,(H,21,23)(H,24,25)/b13-10-. The van der Waals surface area contributed by atoms with Gasteiger partial charge in [-0.15, -0.1) is 0 Å². The van der Waals surface area contributed by atoms with Crippen molar-refractivity contribution in [1.82, 2.24) is 0 Å². The second kappa shape index (κ2) is 7.66. The summed E-state index contributed by atoms with van der Waals surface area (Å²) in [6.07, 6.45) is 1.26. The number of hydrogen-bond acceptors (Lipinski definition) is 5. The summed E-state index contributed by atoms with van der Waals surface area (Å²) in [5, 5.41) is 32.7. The Morgan fingerprint density at radius 1 is 1.16 bits per heavy atom. The van der Waals surface area contributed by atoms with Crippen LogP contribution >= 0.6 is 0 Å². The quantitative estimate of drug-likeness (QED) is 0.378. The molecule has 7 nitrogen and oxygen atoms in total.